The van der Waals surface area contributed by atoms with Crippen LogP contribution in [0.4, 0.5) is 0 Å². The van der Waals surface area contributed by atoms with Gasteiger partial charge in [-0.3, -0.25) is 0 Å². The van der Waals surface area contributed by atoms with Crippen molar-refractivity contribution in [2.24, 2.45) is 0 Å². The minimum Gasteiger partial charge on any atom is -0.441 e. The Morgan fingerprint density at radius 1 is 0.594 bits per heavy atom. The van der Waals surface area contributed by atoms with E-state index >= 15 is 0 Å². The van der Waals surface area contributed by atoms with E-state index in [9.17, 15) is 0 Å². The molecule has 4 aromatic carbocycles. The molecule has 1 heterocycles. The van der Waals surface area contributed by atoms with Crippen molar-refractivity contribution in [3.05, 3.63) is 133 Å². The van der Waals surface area contributed by atoms with Gasteiger partial charge in [-0.2, -0.15) is 0 Å². The number of aryl methyl sites for hydroxylation is 1. The van der Waals surface area contributed by atoms with Crippen LogP contribution in [0.2, 0.25) is 0 Å². The van der Waals surface area contributed by atoms with E-state index in [4.69, 9.17) is 9.40 Å². The summed E-state index contributed by atoms with van der Waals surface area (Å²) < 4.78 is 6.16. The van der Waals surface area contributed by atoms with Gasteiger partial charge in [0.05, 0.1) is 0 Å². The standard InChI is InChI=1S/C29H25NOP/c1-23-28(30-29(31-23)24-14-6-2-7-15-24)22-32(25-16-8-3-9-17-25,26-18-10-4-11-19-26)27-20-12-5-13-21-27/h2-21H,22H2,1H3/q+1. The summed E-state index contributed by atoms with van der Waals surface area (Å²) in [7, 11) is -2.00. The number of hydrogen-bond acceptors (Lipinski definition) is 2. The molecular weight excluding hydrogens is 409 g/mol. The van der Waals surface area contributed by atoms with Crippen molar-refractivity contribution < 1.29 is 4.42 Å². The second-order valence-electron chi connectivity index (χ2n) is 7.86. The summed E-state index contributed by atoms with van der Waals surface area (Å²) in [5.74, 6) is 1.57. The highest BCUT2D eigenvalue weighted by Crippen LogP contribution is 2.58. The van der Waals surface area contributed by atoms with Crippen LogP contribution >= 0.6 is 7.26 Å². The van der Waals surface area contributed by atoms with Crippen molar-refractivity contribution in [2.75, 3.05) is 0 Å². The van der Waals surface area contributed by atoms with Crippen molar-refractivity contribution in [2.45, 2.75) is 13.1 Å². The molecule has 2 nitrogen and oxygen atoms in total. The minimum atomic E-state index is -2.00. The molecule has 32 heavy (non-hydrogen) atoms. The second kappa shape index (κ2) is 8.94. The molecule has 0 aliphatic carbocycles. The van der Waals surface area contributed by atoms with Gasteiger partial charge in [0, 0.05) is 5.56 Å². The predicted molar refractivity (Wildman–Crippen MR) is 136 cm³/mol. The Labute approximate surface area is 189 Å². The van der Waals surface area contributed by atoms with Crippen molar-refractivity contribution >= 4 is 23.2 Å². The zero-order chi connectivity index (χ0) is 21.8. The van der Waals surface area contributed by atoms with E-state index in [0.29, 0.717) is 5.89 Å². The molecule has 1 aromatic heterocycles. The van der Waals surface area contributed by atoms with E-state index in [-0.39, 0.29) is 0 Å². The summed E-state index contributed by atoms with van der Waals surface area (Å²) in [6.45, 7) is 2.03. The Bertz CT molecular complexity index is 1190. The van der Waals surface area contributed by atoms with Gasteiger partial charge in [-0.25, -0.2) is 4.98 Å². The quantitative estimate of drug-likeness (QED) is 0.300. The molecule has 0 unspecified atom stereocenters. The Balaban J connectivity index is 1.72. The molecule has 0 aliphatic heterocycles. The molecule has 0 radical (unpaired) electrons. The number of benzene rings is 4. The highest BCUT2D eigenvalue weighted by atomic mass is 31.2. The van der Waals surface area contributed by atoms with Crippen LogP contribution in [0, 0.1) is 6.92 Å². The van der Waals surface area contributed by atoms with Gasteiger partial charge in [-0.15, -0.1) is 0 Å². The fourth-order valence-corrected chi connectivity index (χ4v) is 8.50. The van der Waals surface area contributed by atoms with Crippen LogP contribution in [-0.2, 0) is 6.16 Å². The molecule has 5 aromatic rings. The van der Waals surface area contributed by atoms with Gasteiger partial charge in [-0.05, 0) is 55.5 Å². The maximum absolute atomic E-state index is 6.16. The molecular formula is C29H25NOP+. The summed E-state index contributed by atoms with van der Waals surface area (Å²) in [5, 5.41) is 4.04. The van der Waals surface area contributed by atoms with Gasteiger partial charge < -0.3 is 4.42 Å². The topological polar surface area (TPSA) is 26.0 Å². The fourth-order valence-electron chi connectivity index (χ4n) is 4.27. The summed E-state index contributed by atoms with van der Waals surface area (Å²) in [6, 6.07) is 42.8. The molecule has 156 valence electrons. The number of aromatic nitrogens is 1. The maximum atomic E-state index is 6.16. The Kier molecular flexibility index (Phi) is 5.71. The van der Waals surface area contributed by atoms with Crippen LogP contribution in [0.15, 0.2) is 126 Å². The van der Waals surface area contributed by atoms with Crippen LogP contribution in [0.5, 0.6) is 0 Å². The van der Waals surface area contributed by atoms with Gasteiger partial charge in [0.15, 0.2) is 0 Å². The number of nitrogens with zero attached hydrogens (tertiary/aromatic N) is 1. The third kappa shape index (κ3) is 3.79. The van der Waals surface area contributed by atoms with E-state index in [2.05, 4.69) is 91.0 Å². The molecule has 5 rings (SSSR count). The van der Waals surface area contributed by atoms with Crippen LogP contribution in [-0.4, -0.2) is 4.98 Å². The first-order chi connectivity index (χ1) is 15.8. The predicted octanol–water partition coefficient (Wildman–Crippen LogP) is 6.14. The van der Waals surface area contributed by atoms with Crippen LogP contribution < -0.4 is 15.9 Å². The first kappa shape index (κ1) is 20.4. The lowest BCUT2D eigenvalue weighted by Gasteiger charge is -2.27. The summed E-state index contributed by atoms with van der Waals surface area (Å²) in [6.07, 6.45) is 0.813. The second-order valence-corrected chi connectivity index (χ2v) is 11.3. The molecule has 0 saturated carbocycles. The third-order valence-electron chi connectivity index (χ3n) is 5.89. The summed E-state index contributed by atoms with van der Waals surface area (Å²) >= 11 is 0. The van der Waals surface area contributed by atoms with E-state index in [1.165, 1.54) is 15.9 Å². The first-order valence-electron chi connectivity index (χ1n) is 10.8. The molecule has 0 amide bonds. The lowest BCUT2D eigenvalue weighted by molar-refractivity contribution is 0.540. The smallest absolute Gasteiger partial charge is 0.226 e. The van der Waals surface area contributed by atoms with Crippen molar-refractivity contribution in [3.8, 4) is 11.5 Å². The summed E-state index contributed by atoms with van der Waals surface area (Å²) in [4.78, 5) is 5.00. The van der Waals surface area contributed by atoms with E-state index < -0.39 is 7.26 Å². The average Bonchev–Trinajstić information content (AvgIpc) is 3.24. The monoisotopic (exact) mass is 434 g/mol. The Hall–Kier alpha value is -3.48. The lowest BCUT2D eigenvalue weighted by atomic mass is 10.2. The molecule has 0 atom stereocenters. The SMILES string of the molecule is Cc1oc(-c2ccccc2)nc1C[P+](c1ccccc1)(c1ccccc1)c1ccccc1. The lowest BCUT2D eigenvalue weighted by Crippen LogP contribution is -2.32. The van der Waals surface area contributed by atoms with Gasteiger partial charge >= 0.3 is 0 Å². The maximum Gasteiger partial charge on any atom is 0.226 e. The zero-order valence-corrected chi connectivity index (χ0v) is 19.0. The average molecular weight is 434 g/mol. The normalized spacial score (nSPS) is 11.4. The number of rotatable bonds is 6. The van der Waals surface area contributed by atoms with Crippen LogP contribution in [0.1, 0.15) is 11.5 Å². The first-order valence-corrected chi connectivity index (χ1v) is 12.8. The van der Waals surface area contributed by atoms with Gasteiger partial charge in [0.2, 0.25) is 5.89 Å². The van der Waals surface area contributed by atoms with Crippen molar-refractivity contribution in [3.63, 3.8) is 0 Å². The van der Waals surface area contributed by atoms with Gasteiger partial charge in [0.25, 0.3) is 0 Å². The molecule has 0 aliphatic rings. The highest BCUT2D eigenvalue weighted by Gasteiger charge is 2.46. The number of hydrogen-bond donors (Lipinski definition) is 0. The molecule has 0 N–H and O–H groups in total. The van der Waals surface area contributed by atoms with E-state index in [0.717, 1.165) is 23.2 Å². The van der Waals surface area contributed by atoms with Gasteiger partial charge in [0.1, 0.15) is 40.8 Å². The van der Waals surface area contributed by atoms with Gasteiger partial charge in [-0.1, -0.05) is 72.8 Å². The largest absolute Gasteiger partial charge is 0.441 e. The molecule has 3 heteroatoms. The van der Waals surface area contributed by atoms with E-state index in [1.54, 1.807) is 0 Å². The molecule has 0 spiro atoms. The zero-order valence-electron chi connectivity index (χ0n) is 18.1. The molecule has 0 saturated heterocycles. The third-order valence-corrected chi connectivity index (χ3v) is 10.2. The molecule has 0 bridgehead atoms. The minimum absolute atomic E-state index is 0.686. The Morgan fingerprint density at radius 3 is 1.44 bits per heavy atom. The summed E-state index contributed by atoms with van der Waals surface area (Å²) in [5.41, 5.74) is 2.03. The Morgan fingerprint density at radius 2 is 1.00 bits per heavy atom. The number of oxazole rings is 1. The van der Waals surface area contributed by atoms with Crippen LogP contribution in [0.3, 0.4) is 0 Å². The van der Waals surface area contributed by atoms with E-state index in [1.807, 2.05) is 37.3 Å². The molecule has 0 fully saturated rings. The van der Waals surface area contributed by atoms with Crippen molar-refractivity contribution in [1.82, 2.24) is 4.98 Å². The van der Waals surface area contributed by atoms with Crippen molar-refractivity contribution in [1.29, 1.82) is 0 Å². The fraction of sp³-hybridized carbons (Fsp3) is 0.0690. The van der Waals surface area contributed by atoms with Crippen LogP contribution in [0.25, 0.3) is 11.5 Å². The highest BCUT2D eigenvalue weighted by molar-refractivity contribution is 7.95.